The summed E-state index contributed by atoms with van der Waals surface area (Å²) in [6.07, 6.45) is 1.09. The quantitative estimate of drug-likeness (QED) is 0.373. The molecule has 0 aromatic heterocycles. The summed E-state index contributed by atoms with van der Waals surface area (Å²) in [5.41, 5.74) is 2.91. The van der Waals surface area contributed by atoms with Gasteiger partial charge in [-0.15, -0.1) is 0 Å². The number of hydrogen-bond donors (Lipinski definition) is 2. The number of hydrogen-bond acceptors (Lipinski definition) is 3. The predicted molar refractivity (Wildman–Crippen MR) is 86.5 cm³/mol. The first-order chi connectivity index (χ1) is 10.6. The molecular weight excluding hydrogens is 281 g/mol. The molecule has 2 rings (SSSR count). The molecular formula is C17H20FN3O. The van der Waals surface area contributed by atoms with Crippen LogP contribution in [0.25, 0.3) is 11.1 Å². The van der Waals surface area contributed by atoms with Crippen LogP contribution in [0, 0.1) is 5.82 Å². The third kappa shape index (κ3) is 4.30. The van der Waals surface area contributed by atoms with Gasteiger partial charge < -0.3 is 5.32 Å². The summed E-state index contributed by atoms with van der Waals surface area (Å²) in [4.78, 5) is 11.4. The maximum Gasteiger partial charge on any atom is 0.236 e. The van der Waals surface area contributed by atoms with Gasteiger partial charge in [0.05, 0.1) is 0 Å². The van der Waals surface area contributed by atoms with Crippen LogP contribution < -0.4 is 11.2 Å². The van der Waals surface area contributed by atoms with Gasteiger partial charge in [-0.3, -0.25) is 9.80 Å². The molecule has 0 aliphatic carbocycles. The van der Waals surface area contributed by atoms with Gasteiger partial charge in [0, 0.05) is 31.3 Å². The Kier molecular flexibility index (Phi) is 5.49. The van der Waals surface area contributed by atoms with Crippen molar-refractivity contribution in [3.05, 3.63) is 54.3 Å². The number of para-hydroxylation sites is 1. The number of rotatable bonds is 6. The molecule has 2 aromatic rings. The van der Waals surface area contributed by atoms with Gasteiger partial charge in [0.25, 0.3) is 0 Å². The molecule has 0 heterocycles. The molecule has 0 spiro atoms. The molecule has 0 unspecified atom stereocenters. The molecule has 1 amide bonds. The maximum absolute atomic E-state index is 13.0. The molecule has 0 saturated carbocycles. The summed E-state index contributed by atoms with van der Waals surface area (Å²) in [5.74, 6) is 5.03. The first-order valence-corrected chi connectivity index (χ1v) is 7.18. The average Bonchev–Trinajstić information content (AvgIpc) is 2.52. The fourth-order valence-corrected chi connectivity index (χ4v) is 2.16. The van der Waals surface area contributed by atoms with Crippen molar-refractivity contribution in [2.45, 2.75) is 12.8 Å². The molecule has 0 radical (unpaired) electrons. The summed E-state index contributed by atoms with van der Waals surface area (Å²) in [5, 5.41) is 4.42. The topological polar surface area (TPSA) is 58.4 Å². The number of hydrazine groups is 1. The molecule has 2 aromatic carbocycles. The van der Waals surface area contributed by atoms with Crippen LogP contribution in [0.5, 0.6) is 0 Å². The van der Waals surface area contributed by atoms with Crippen molar-refractivity contribution < 1.29 is 9.18 Å². The fourth-order valence-electron chi connectivity index (χ4n) is 2.16. The Balaban J connectivity index is 2.00. The molecule has 0 saturated heterocycles. The Morgan fingerprint density at radius 3 is 2.55 bits per heavy atom. The highest BCUT2D eigenvalue weighted by atomic mass is 19.1. The molecule has 0 atom stereocenters. The van der Waals surface area contributed by atoms with Crippen LogP contribution in [0.2, 0.25) is 0 Å². The minimum atomic E-state index is -0.251. The van der Waals surface area contributed by atoms with E-state index in [4.69, 9.17) is 5.84 Å². The molecule has 22 heavy (non-hydrogen) atoms. The van der Waals surface area contributed by atoms with Gasteiger partial charge >= 0.3 is 0 Å². The largest absolute Gasteiger partial charge is 0.385 e. The predicted octanol–water partition coefficient (Wildman–Crippen LogP) is 3.02. The summed E-state index contributed by atoms with van der Waals surface area (Å²) >= 11 is 0. The average molecular weight is 301 g/mol. The number of benzene rings is 2. The minimum Gasteiger partial charge on any atom is -0.385 e. The van der Waals surface area contributed by atoms with Crippen molar-refractivity contribution >= 4 is 11.6 Å². The Bertz CT molecular complexity index is 626. The van der Waals surface area contributed by atoms with Gasteiger partial charge in [-0.2, -0.15) is 0 Å². The number of carbonyl (C=O) groups excluding carboxylic acids is 1. The number of carbonyl (C=O) groups is 1. The van der Waals surface area contributed by atoms with Crippen LogP contribution >= 0.6 is 0 Å². The van der Waals surface area contributed by atoms with Crippen molar-refractivity contribution in [2.24, 2.45) is 5.84 Å². The van der Waals surface area contributed by atoms with E-state index >= 15 is 0 Å². The molecule has 4 nitrogen and oxygen atoms in total. The first-order valence-electron chi connectivity index (χ1n) is 7.18. The molecule has 0 fully saturated rings. The number of amides is 1. The summed E-state index contributed by atoms with van der Waals surface area (Å²) in [6.45, 7) is 0.664. The zero-order chi connectivity index (χ0) is 15.9. The van der Waals surface area contributed by atoms with Crippen LogP contribution in [0.3, 0.4) is 0 Å². The number of nitrogens with zero attached hydrogens (tertiary/aromatic N) is 1. The van der Waals surface area contributed by atoms with Crippen molar-refractivity contribution in [3.63, 3.8) is 0 Å². The SMILES string of the molecule is CN(N)C(=O)CCCNc1ccccc1-c1ccc(F)cc1. The van der Waals surface area contributed by atoms with Gasteiger partial charge in [-0.1, -0.05) is 30.3 Å². The van der Waals surface area contributed by atoms with Crippen LogP contribution in [0.1, 0.15) is 12.8 Å². The van der Waals surface area contributed by atoms with Crippen molar-refractivity contribution in [1.29, 1.82) is 0 Å². The lowest BCUT2D eigenvalue weighted by Gasteiger charge is -2.13. The molecule has 0 aliphatic heterocycles. The lowest BCUT2D eigenvalue weighted by atomic mass is 10.0. The van der Waals surface area contributed by atoms with Crippen LogP contribution in [0.15, 0.2) is 48.5 Å². The Morgan fingerprint density at radius 2 is 1.86 bits per heavy atom. The number of halogens is 1. The van der Waals surface area contributed by atoms with E-state index < -0.39 is 0 Å². The molecule has 0 aliphatic rings. The second kappa shape index (κ2) is 7.56. The lowest BCUT2D eigenvalue weighted by Crippen LogP contribution is -2.33. The maximum atomic E-state index is 13.0. The summed E-state index contributed by atoms with van der Waals surface area (Å²) in [7, 11) is 1.54. The van der Waals surface area contributed by atoms with Crippen LogP contribution in [-0.4, -0.2) is 24.5 Å². The Hall–Kier alpha value is -2.40. The number of anilines is 1. The highest BCUT2D eigenvalue weighted by molar-refractivity contribution is 5.78. The zero-order valence-electron chi connectivity index (χ0n) is 12.6. The fraction of sp³-hybridized carbons (Fsp3) is 0.235. The van der Waals surface area contributed by atoms with E-state index in [1.165, 1.54) is 12.1 Å². The molecule has 5 heteroatoms. The van der Waals surface area contributed by atoms with E-state index in [1.807, 2.05) is 24.3 Å². The van der Waals surface area contributed by atoms with E-state index in [9.17, 15) is 9.18 Å². The van der Waals surface area contributed by atoms with Gasteiger partial charge in [0.2, 0.25) is 5.91 Å². The highest BCUT2D eigenvalue weighted by Crippen LogP contribution is 2.27. The monoisotopic (exact) mass is 301 g/mol. The van der Waals surface area contributed by atoms with Crippen molar-refractivity contribution in [3.8, 4) is 11.1 Å². The third-order valence-corrected chi connectivity index (χ3v) is 3.36. The molecule has 3 N–H and O–H groups in total. The van der Waals surface area contributed by atoms with E-state index in [-0.39, 0.29) is 11.7 Å². The lowest BCUT2D eigenvalue weighted by molar-refractivity contribution is -0.130. The normalized spacial score (nSPS) is 10.3. The van der Waals surface area contributed by atoms with Gasteiger partial charge in [-0.05, 0) is 30.2 Å². The second-order valence-electron chi connectivity index (χ2n) is 5.09. The van der Waals surface area contributed by atoms with E-state index in [2.05, 4.69) is 5.32 Å². The van der Waals surface area contributed by atoms with Crippen LogP contribution in [0.4, 0.5) is 10.1 Å². The number of nitrogens with one attached hydrogen (secondary N) is 1. The van der Waals surface area contributed by atoms with Crippen molar-refractivity contribution in [2.75, 3.05) is 18.9 Å². The molecule has 0 bridgehead atoms. The van der Waals surface area contributed by atoms with Crippen LogP contribution in [-0.2, 0) is 4.79 Å². The highest BCUT2D eigenvalue weighted by Gasteiger charge is 2.06. The van der Waals surface area contributed by atoms with Crippen molar-refractivity contribution in [1.82, 2.24) is 5.01 Å². The Morgan fingerprint density at radius 1 is 1.18 bits per heavy atom. The van der Waals surface area contributed by atoms with Gasteiger partial charge in [0.1, 0.15) is 5.82 Å². The minimum absolute atomic E-state index is 0.0892. The van der Waals surface area contributed by atoms with Gasteiger partial charge in [0.15, 0.2) is 0 Å². The third-order valence-electron chi connectivity index (χ3n) is 3.36. The smallest absolute Gasteiger partial charge is 0.236 e. The van der Waals surface area contributed by atoms with E-state index in [0.717, 1.165) is 21.8 Å². The summed E-state index contributed by atoms with van der Waals surface area (Å²) in [6, 6.07) is 14.2. The zero-order valence-corrected chi connectivity index (χ0v) is 12.6. The number of nitrogens with two attached hydrogens (primary N) is 1. The van der Waals surface area contributed by atoms with E-state index in [1.54, 1.807) is 19.2 Å². The molecule has 116 valence electrons. The first kappa shape index (κ1) is 16.0. The van der Waals surface area contributed by atoms with E-state index in [0.29, 0.717) is 19.4 Å². The summed E-state index contributed by atoms with van der Waals surface area (Å²) < 4.78 is 13.0. The second-order valence-corrected chi connectivity index (χ2v) is 5.09. The Labute approximate surface area is 129 Å². The van der Waals surface area contributed by atoms with Gasteiger partial charge in [-0.25, -0.2) is 10.2 Å². The standard InChI is InChI=1S/C17H20FN3O/c1-21(19)17(22)7-4-12-20-16-6-3-2-5-15(16)13-8-10-14(18)11-9-13/h2-3,5-6,8-11,20H,4,7,12,19H2,1H3.